The molecule has 2 saturated heterocycles. The van der Waals surface area contributed by atoms with Crippen molar-refractivity contribution in [2.24, 2.45) is 5.92 Å². The Morgan fingerprint density at radius 3 is 2.12 bits per heavy atom. The first-order chi connectivity index (χ1) is 11.6. The predicted octanol–water partition coefficient (Wildman–Crippen LogP) is 4.61. The average Bonchev–Trinajstić information content (AvgIpc) is 2.88. The van der Waals surface area contributed by atoms with E-state index in [9.17, 15) is 4.79 Å². The standard InChI is InChI=1S/C19H26Cl2N2O/c20-17-6-5-7-18(21)16(17)14-22-12-8-15(9-13-22)19(24)23-10-3-1-2-4-11-23/h5-7,15H,1-4,8-14H2. The molecule has 1 aromatic carbocycles. The van der Waals surface area contributed by atoms with Gasteiger partial charge in [-0.1, -0.05) is 42.1 Å². The number of rotatable bonds is 3. The van der Waals surface area contributed by atoms with Gasteiger partial charge in [0.15, 0.2) is 0 Å². The van der Waals surface area contributed by atoms with E-state index >= 15 is 0 Å². The first-order valence-electron chi connectivity index (χ1n) is 9.09. The number of amides is 1. The average molecular weight is 369 g/mol. The van der Waals surface area contributed by atoms with E-state index < -0.39 is 0 Å². The number of hydrogen-bond acceptors (Lipinski definition) is 2. The van der Waals surface area contributed by atoms with Gasteiger partial charge in [0.05, 0.1) is 0 Å². The second kappa shape index (κ2) is 8.55. The lowest BCUT2D eigenvalue weighted by atomic mass is 9.94. The maximum absolute atomic E-state index is 12.7. The number of benzene rings is 1. The van der Waals surface area contributed by atoms with Crippen molar-refractivity contribution < 1.29 is 4.79 Å². The van der Waals surface area contributed by atoms with E-state index in [1.54, 1.807) is 0 Å². The lowest BCUT2D eigenvalue weighted by molar-refractivity contribution is -0.137. The van der Waals surface area contributed by atoms with Crippen molar-refractivity contribution in [2.75, 3.05) is 26.2 Å². The Labute approximate surface area is 154 Å². The Morgan fingerprint density at radius 2 is 1.54 bits per heavy atom. The smallest absolute Gasteiger partial charge is 0.225 e. The maximum Gasteiger partial charge on any atom is 0.225 e. The summed E-state index contributed by atoms with van der Waals surface area (Å²) in [7, 11) is 0. The minimum absolute atomic E-state index is 0.195. The van der Waals surface area contributed by atoms with Crippen molar-refractivity contribution in [3.05, 3.63) is 33.8 Å². The molecule has 0 atom stereocenters. The largest absolute Gasteiger partial charge is 0.342 e. The van der Waals surface area contributed by atoms with E-state index in [-0.39, 0.29) is 5.92 Å². The van der Waals surface area contributed by atoms with Crippen molar-refractivity contribution in [1.82, 2.24) is 9.80 Å². The van der Waals surface area contributed by atoms with Crippen molar-refractivity contribution >= 4 is 29.1 Å². The van der Waals surface area contributed by atoms with E-state index in [1.165, 1.54) is 12.8 Å². The van der Waals surface area contributed by atoms with Gasteiger partial charge in [-0.3, -0.25) is 9.69 Å². The summed E-state index contributed by atoms with van der Waals surface area (Å²) in [4.78, 5) is 17.2. The Hall–Kier alpha value is -0.770. The molecule has 2 aliphatic rings. The van der Waals surface area contributed by atoms with Crippen molar-refractivity contribution in [3.63, 3.8) is 0 Å². The number of hydrogen-bond donors (Lipinski definition) is 0. The molecule has 24 heavy (non-hydrogen) atoms. The van der Waals surface area contributed by atoms with Crippen LogP contribution in [0.1, 0.15) is 44.1 Å². The van der Waals surface area contributed by atoms with Gasteiger partial charge in [-0.2, -0.15) is 0 Å². The second-order valence-corrected chi connectivity index (χ2v) is 7.80. The molecule has 0 unspecified atom stereocenters. The molecule has 1 amide bonds. The third kappa shape index (κ3) is 4.44. The predicted molar refractivity (Wildman–Crippen MR) is 99.5 cm³/mol. The number of likely N-dealkylation sites (tertiary alicyclic amines) is 2. The van der Waals surface area contributed by atoms with Crippen LogP contribution >= 0.6 is 23.2 Å². The SMILES string of the molecule is O=C(C1CCN(Cc2c(Cl)cccc2Cl)CC1)N1CCCCCC1. The van der Waals surface area contributed by atoms with Crippen LogP contribution in [0.4, 0.5) is 0 Å². The van der Waals surface area contributed by atoms with Crippen LogP contribution in [-0.2, 0) is 11.3 Å². The van der Waals surface area contributed by atoms with E-state index in [1.807, 2.05) is 18.2 Å². The zero-order chi connectivity index (χ0) is 16.9. The molecule has 5 heteroatoms. The fourth-order valence-electron chi connectivity index (χ4n) is 3.79. The molecule has 2 aliphatic heterocycles. The van der Waals surface area contributed by atoms with Gasteiger partial charge in [-0.25, -0.2) is 0 Å². The Balaban J connectivity index is 1.53. The lowest BCUT2D eigenvalue weighted by Crippen LogP contribution is -2.42. The van der Waals surface area contributed by atoms with Crippen molar-refractivity contribution in [1.29, 1.82) is 0 Å². The zero-order valence-electron chi connectivity index (χ0n) is 14.1. The summed E-state index contributed by atoms with van der Waals surface area (Å²) < 4.78 is 0. The summed E-state index contributed by atoms with van der Waals surface area (Å²) in [5, 5.41) is 1.45. The lowest BCUT2D eigenvalue weighted by Gasteiger charge is -2.34. The van der Waals surface area contributed by atoms with Crippen LogP contribution in [0.5, 0.6) is 0 Å². The highest BCUT2D eigenvalue weighted by atomic mass is 35.5. The van der Waals surface area contributed by atoms with Crippen LogP contribution in [0, 0.1) is 5.92 Å². The van der Waals surface area contributed by atoms with Gasteiger partial charge in [-0.15, -0.1) is 0 Å². The third-order valence-corrected chi connectivity index (χ3v) is 6.01. The molecule has 3 rings (SSSR count). The van der Waals surface area contributed by atoms with Gasteiger partial charge < -0.3 is 4.90 Å². The molecule has 0 aliphatic carbocycles. The molecule has 2 fully saturated rings. The number of carbonyl (C=O) groups is 1. The molecule has 0 saturated carbocycles. The van der Waals surface area contributed by atoms with E-state index in [4.69, 9.17) is 23.2 Å². The number of piperidine rings is 1. The molecule has 0 spiro atoms. The van der Waals surface area contributed by atoms with Crippen molar-refractivity contribution in [2.45, 2.75) is 45.1 Å². The van der Waals surface area contributed by atoms with Crippen molar-refractivity contribution in [3.8, 4) is 0 Å². The topological polar surface area (TPSA) is 23.6 Å². The van der Waals surface area contributed by atoms with Gasteiger partial charge in [-0.05, 0) is 50.9 Å². The van der Waals surface area contributed by atoms with E-state index in [0.29, 0.717) is 5.91 Å². The third-order valence-electron chi connectivity index (χ3n) is 5.30. The highest BCUT2D eigenvalue weighted by Gasteiger charge is 2.29. The van der Waals surface area contributed by atoms with Gasteiger partial charge in [0, 0.05) is 41.2 Å². The molecular weight excluding hydrogens is 343 g/mol. The first kappa shape index (κ1) is 18.0. The van der Waals surface area contributed by atoms with Crippen LogP contribution in [0.25, 0.3) is 0 Å². The van der Waals surface area contributed by atoms with Gasteiger partial charge in [0.1, 0.15) is 0 Å². The molecule has 2 heterocycles. The summed E-state index contributed by atoms with van der Waals surface area (Å²) in [5.74, 6) is 0.577. The first-order valence-corrected chi connectivity index (χ1v) is 9.85. The van der Waals surface area contributed by atoms with Crippen LogP contribution < -0.4 is 0 Å². The minimum Gasteiger partial charge on any atom is -0.342 e. The van der Waals surface area contributed by atoms with Gasteiger partial charge in [0.2, 0.25) is 5.91 Å². The normalized spacial score (nSPS) is 20.8. The van der Waals surface area contributed by atoms with E-state index in [2.05, 4.69) is 9.80 Å². The fraction of sp³-hybridized carbons (Fsp3) is 0.632. The summed E-state index contributed by atoms with van der Waals surface area (Å²) in [6, 6.07) is 5.65. The Kier molecular flexibility index (Phi) is 6.43. The summed E-state index contributed by atoms with van der Waals surface area (Å²) in [6.07, 6.45) is 6.74. The molecule has 132 valence electrons. The van der Waals surface area contributed by atoms with Crippen LogP contribution in [0.3, 0.4) is 0 Å². The molecule has 0 N–H and O–H groups in total. The van der Waals surface area contributed by atoms with Gasteiger partial charge in [0.25, 0.3) is 0 Å². The number of carbonyl (C=O) groups excluding carboxylic acids is 1. The number of halogens is 2. The van der Waals surface area contributed by atoms with Crippen LogP contribution in [0.15, 0.2) is 18.2 Å². The molecule has 0 aromatic heterocycles. The molecule has 1 aromatic rings. The summed E-state index contributed by atoms with van der Waals surface area (Å²) >= 11 is 12.5. The fourth-order valence-corrected chi connectivity index (χ4v) is 4.31. The summed E-state index contributed by atoms with van der Waals surface area (Å²) in [6.45, 7) is 4.54. The highest BCUT2D eigenvalue weighted by Crippen LogP contribution is 2.28. The molecule has 0 radical (unpaired) electrons. The van der Waals surface area contributed by atoms with E-state index in [0.717, 1.165) is 74.0 Å². The highest BCUT2D eigenvalue weighted by molar-refractivity contribution is 6.35. The Bertz CT molecular complexity index is 542. The maximum atomic E-state index is 12.7. The Morgan fingerprint density at radius 1 is 0.958 bits per heavy atom. The molecular formula is C19H26Cl2N2O. The monoisotopic (exact) mass is 368 g/mol. The minimum atomic E-state index is 0.195. The molecule has 0 bridgehead atoms. The second-order valence-electron chi connectivity index (χ2n) is 6.99. The van der Waals surface area contributed by atoms with Gasteiger partial charge >= 0.3 is 0 Å². The van der Waals surface area contributed by atoms with Crippen LogP contribution in [0.2, 0.25) is 10.0 Å². The quantitative estimate of drug-likeness (QED) is 0.777. The molecule has 3 nitrogen and oxygen atoms in total. The number of nitrogens with zero attached hydrogens (tertiary/aromatic N) is 2. The summed E-state index contributed by atoms with van der Waals surface area (Å²) in [5.41, 5.74) is 0.998. The van der Waals surface area contributed by atoms with Crippen LogP contribution in [-0.4, -0.2) is 41.9 Å². The zero-order valence-corrected chi connectivity index (χ0v) is 15.7.